The molecule has 0 spiro atoms. The van der Waals surface area contributed by atoms with Crippen LogP contribution in [0.2, 0.25) is 0 Å². The maximum atomic E-state index is 5.62. The molecule has 1 atom stereocenters. The van der Waals surface area contributed by atoms with E-state index in [-0.39, 0.29) is 5.54 Å². The molecule has 0 aliphatic heterocycles. The Morgan fingerprint density at radius 3 is 2.57 bits per heavy atom. The van der Waals surface area contributed by atoms with Gasteiger partial charge in [-0.15, -0.1) is 0 Å². The fourth-order valence-electron chi connectivity index (χ4n) is 2.05. The largest absolute Gasteiger partial charge is 0.382 e. The predicted molar refractivity (Wildman–Crippen MR) is 92.0 cm³/mol. The van der Waals surface area contributed by atoms with Gasteiger partial charge in [0.15, 0.2) is 0 Å². The van der Waals surface area contributed by atoms with E-state index < -0.39 is 0 Å². The minimum atomic E-state index is 0.126. The van der Waals surface area contributed by atoms with Crippen molar-refractivity contribution in [3.05, 3.63) is 34.3 Å². The standard InChI is InChI=1S/C17H28BrNO2/c1-17(2,3)19-13-15(8-9-21-11-10-20-4)14-6-5-7-16(18)12-14/h5-7,12,15,19H,8-11,13H2,1-4H3. The lowest BCUT2D eigenvalue weighted by atomic mass is 9.95. The molecule has 1 unspecified atom stereocenters. The first kappa shape index (κ1) is 18.6. The van der Waals surface area contributed by atoms with Crippen LogP contribution in [0, 0.1) is 0 Å². The van der Waals surface area contributed by atoms with Gasteiger partial charge in [-0.3, -0.25) is 0 Å². The quantitative estimate of drug-likeness (QED) is 0.678. The SMILES string of the molecule is COCCOCCC(CNC(C)(C)C)c1cccc(Br)c1. The molecule has 120 valence electrons. The van der Waals surface area contributed by atoms with Gasteiger partial charge in [-0.1, -0.05) is 28.1 Å². The van der Waals surface area contributed by atoms with E-state index in [2.05, 4.69) is 66.3 Å². The second-order valence-electron chi connectivity index (χ2n) is 6.28. The van der Waals surface area contributed by atoms with Gasteiger partial charge in [0, 0.05) is 30.3 Å². The highest BCUT2D eigenvalue weighted by Crippen LogP contribution is 2.23. The van der Waals surface area contributed by atoms with Crippen molar-refractivity contribution in [1.29, 1.82) is 0 Å². The Bertz CT molecular complexity index is 404. The summed E-state index contributed by atoms with van der Waals surface area (Å²) in [7, 11) is 1.70. The molecule has 1 aromatic carbocycles. The summed E-state index contributed by atoms with van der Waals surface area (Å²) in [6.07, 6.45) is 1.00. The zero-order chi connectivity index (χ0) is 15.7. The van der Waals surface area contributed by atoms with Crippen molar-refractivity contribution in [3.8, 4) is 0 Å². The predicted octanol–water partition coefficient (Wildman–Crippen LogP) is 3.97. The topological polar surface area (TPSA) is 30.5 Å². The molecule has 0 aliphatic carbocycles. The fraction of sp³-hybridized carbons (Fsp3) is 0.647. The van der Waals surface area contributed by atoms with Crippen LogP contribution >= 0.6 is 15.9 Å². The van der Waals surface area contributed by atoms with E-state index in [0.717, 1.165) is 24.0 Å². The van der Waals surface area contributed by atoms with E-state index in [1.54, 1.807) is 7.11 Å². The van der Waals surface area contributed by atoms with E-state index in [1.807, 2.05) is 0 Å². The summed E-state index contributed by atoms with van der Waals surface area (Å²) in [5, 5.41) is 3.60. The normalized spacial score (nSPS) is 13.4. The first-order valence-corrected chi connectivity index (χ1v) is 8.29. The minimum absolute atomic E-state index is 0.126. The lowest BCUT2D eigenvalue weighted by molar-refractivity contribution is 0.0667. The van der Waals surface area contributed by atoms with Crippen molar-refractivity contribution in [2.75, 3.05) is 33.5 Å². The van der Waals surface area contributed by atoms with Gasteiger partial charge in [0.2, 0.25) is 0 Å². The third kappa shape index (κ3) is 8.57. The van der Waals surface area contributed by atoms with E-state index >= 15 is 0 Å². The summed E-state index contributed by atoms with van der Waals surface area (Å²) >= 11 is 3.56. The van der Waals surface area contributed by atoms with Crippen molar-refractivity contribution in [3.63, 3.8) is 0 Å². The van der Waals surface area contributed by atoms with Crippen LogP contribution in [0.1, 0.15) is 38.7 Å². The number of benzene rings is 1. The highest BCUT2D eigenvalue weighted by molar-refractivity contribution is 9.10. The van der Waals surface area contributed by atoms with Crippen LogP contribution < -0.4 is 5.32 Å². The minimum Gasteiger partial charge on any atom is -0.382 e. The van der Waals surface area contributed by atoms with Crippen molar-refractivity contribution >= 4 is 15.9 Å². The molecular weight excluding hydrogens is 330 g/mol. The molecule has 1 aromatic rings. The van der Waals surface area contributed by atoms with Gasteiger partial charge in [0.1, 0.15) is 0 Å². The van der Waals surface area contributed by atoms with Crippen LogP contribution in [-0.4, -0.2) is 39.0 Å². The molecule has 0 radical (unpaired) electrons. The Hall–Kier alpha value is -0.420. The molecule has 0 saturated carbocycles. The first-order valence-electron chi connectivity index (χ1n) is 7.49. The van der Waals surface area contributed by atoms with Crippen LogP contribution in [0.4, 0.5) is 0 Å². The molecule has 21 heavy (non-hydrogen) atoms. The monoisotopic (exact) mass is 357 g/mol. The molecule has 4 heteroatoms. The Labute approximate surface area is 137 Å². The Morgan fingerprint density at radius 2 is 1.95 bits per heavy atom. The van der Waals surface area contributed by atoms with Crippen molar-refractivity contribution in [2.24, 2.45) is 0 Å². The third-order valence-electron chi connectivity index (χ3n) is 3.24. The maximum absolute atomic E-state index is 5.62. The highest BCUT2D eigenvalue weighted by Gasteiger charge is 2.16. The van der Waals surface area contributed by atoms with Crippen LogP contribution in [-0.2, 0) is 9.47 Å². The lowest BCUT2D eigenvalue weighted by Gasteiger charge is -2.26. The number of methoxy groups -OCH3 is 1. The van der Waals surface area contributed by atoms with E-state index in [9.17, 15) is 0 Å². The molecule has 0 fully saturated rings. The van der Waals surface area contributed by atoms with Gasteiger partial charge >= 0.3 is 0 Å². The molecule has 0 amide bonds. The van der Waals surface area contributed by atoms with Crippen LogP contribution in [0.15, 0.2) is 28.7 Å². The first-order chi connectivity index (χ1) is 9.92. The third-order valence-corrected chi connectivity index (χ3v) is 3.73. The number of halogens is 1. The molecule has 0 heterocycles. The van der Waals surface area contributed by atoms with Crippen LogP contribution in [0.25, 0.3) is 0 Å². The van der Waals surface area contributed by atoms with Crippen LogP contribution in [0.3, 0.4) is 0 Å². The number of hydrogen-bond acceptors (Lipinski definition) is 3. The summed E-state index contributed by atoms with van der Waals surface area (Å²) in [6.45, 7) is 9.61. The molecular formula is C17H28BrNO2. The smallest absolute Gasteiger partial charge is 0.0700 e. The van der Waals surface area contributed by atoms with Gasteiger partial charge in [-0.05, 0) is 50.8 Å². The zero-order valence-electron chi connectivity index (χ0n) is 13.6. The van der Waals surface area contributed by atoms with E-state index in [1.165, 1.54) is 5.56 Å². The van der Waals surface area contributed by atoms with E-state index in [4.69, 9.17) is 9.47 Å². The number of nitrogens with one attached hydrogen (secondary N) is 1. The van der Waals surface area contributed by atoms with Gasteiger partial charge in [-0.25, -0.2) is 0 Å². The second kappa shape index (κ2) is 9.57. The fourth-order valence-corrected chi connectivity index (χ4v) is 2.46. The molecule has 1 rings (SSSR count). The summed E-state index contributed by atoms with van der Waals surface area (Å²) in [6, 6.07) is 8.54. The summed E-state index contributed by atoms with van der Waals surface area (Å²) in [5.41, 5.74) is 1.47. The Kier molecular flexibility index (Phi) is 8.49. The van der Waals surface area contributed by atoms with Gasteiger partial charge < -0.3 is 14.8 Å². The van der Waals surface area contributed by atoms with Crippen molar-refractivity contribution in [2.45, 2.75) is 38.6 Å². The lowest BCUT2D eigenvalue weighted by Crippen LogP contribution is -2.38. The Balaban J connectivity index is 2.57. The average molecular weight is 358 g/mol. The molecule has 3 nitrogen and oxygen atoms in total. The summed E-state index contributed by atoms with van der Waals surface area (Å²) in [5.74, 6) is 0.448. The summed E-state index contributed by atoms with van der Waals surface area (Å²) < 4.78 is 11.7. The number of hydrogen-bond donors (Lipinski definition) is 1. The average Bonchev–Trinajstić information content (AvgIpc) is 2.40. The molecule has 0 aliphatic rings. The van der Waals surface area contributed by atoms with Crippen LogP contribution in [0.5, 0.6) is 0 Å². The van der Waals surface area contributed by atoms with E-state index in [0.29, 0.717) is 19.1 Å². The molecule has 1 N–H and O–H groups in total. The summed E-state index contributed by atoms with van der Waals surface area (Å²) in [4.78, 5) is 0. The maximum Gasteiger partial charge on any atom is 0.0700 e. The van der Waals surface area contributed by atoms with Gasteiger partial charge in [-0.2, -0.15) is 0 Å². The second-order valence-corrected chi connectivity index (χ2v) is 7.19. The van der Waals surface area contributed by atoms with Crippen molar-refractivity contribution < 1.29 is 9.47 Å². The molecule has 0 saturated heterocycles. The Morgan fingerprint density at radius 1 is 1.19 bits per heavy atom. The number of ether oxygens (including phenoxy) is 2. The molecule has 0 bridgehead atoms. The van der Waals surface area contributed by atoms with Gasteiger partial charge in [0.05, 0.1) is 13.2 Å². The van der Waals surface area contributed by atoms with Gasteiger partial charge in [0.25, 0.3) is 0 Å². The van der Waals surface area contributed by atoms with Crippen molar-refractivity contribution in [1.82, 2.24) is 5.32 Å². The zero-order valence-corrected chi connectivity index (χ0v) is 15.2. The highest BCUT2D eigenvalue weighted by atomic mass is 79.9. The molecule has 0 aromatic heterocycles. The number of rotatable bonds is 9.